The number of benzene rings is 2. The van der Waals surface area contributed by atoms with Gasteiger partial charge >= 0.3 is 0 Å². The van der Waals surface area contributed by atoms with Crippen molar-refractivity contribution in [2.24, 2.45) is 5.92 Å². The molecule has 4 heteroatoms. The summed E-state index contributed by atoms with van der Waals surface area (Å²) in [5.41, 5.74) is 3.97. The Morgan fingerprint density at radius 1 is 1.11 bits per heavy atom. The van der Waals surface area contributed by atoms with Crippen molar-refractivity contribution < 1.29 is 9.59 Å². The summed E-state index contributed by atoms with van der Waals surface area (Å²) in [6, 6.07) is 15.9. The molecule has 0 radical (unpaired) electrons. The van der Waals surface area contributed by atoms with E-state index < -0.39 is 0 Å². The van der Waals surface area contributed by atoms with Crippen molar-refractivity contribution in [2.75, 3.05) is 16.8 Å². The Balaban J connectivity index is 1.51. The van der Waals surface area contributed by atoms with E-state index in [1.54, 1.807) is 0 Å². The number of carbonyl (C=O) groups excluding carboxylic acids is 2. The molecule has 0 bridgehead atoms. The van der Waals surface area contributed by atoms with Gasteiger partial charge in [0.15, 0.2) is 0 Å². The molecule has 0 spiro atoms. The highest BCUT2D eigenvalue weighted by Crippen LogP contribution is 2.35. The molecular weight excluding hydrogens is 348 g/mol. The first-order valence-corrected chi connectivity index (χ1v) is 10.5. The second-order valence-corrected chi connectivity index (χ2v) is 7.93. The lowest BCUT2D eigenvalue weighted by Gasteiger charge is -2.22. The third-order valence-electron chi connectivity index (χ3n) is 6.15. The first-order chi connectivity index (χ1) is 13.7. The Hall–Kier alpha value is -2.62. The van der Waals surface area contributed by atoms with Crippen LogP contribution in [0.25, 0.3) is 0 Å². The summed E-state index contributed by atoms with van der Waals surface area (Å²) in [6.07, 6.45) is 5.97. The van der Waals surface area contributed by atoms with Crippen LogP contribution in [-0.4, -0.2) is 18.4 Å². The van der Waals surface area contributed by atoms with Gasteiger partial charge in [-0.05, 0) is 48.9 Å². The topological polar surface area (TPSA) is 49.4 Å². The van der Waals surface area contributed by atoms with Gasteiger partial charge in [0, 0.05) is 23.8 Å². The van der Waals surface area contributed by atoms with Crippen molar-refractivity contribution in [3.05, 3.63) is 59.7 Å². The Labute approximate surface area is 166 Å². The van der Waals surface area contributed by atoms with Crippen LogP contribution in [0.15, 0.2) is 48.5 Å². The molecule has 1 atom stereocenters. The highest BCUT2D eigenvalue weighted by molar-refractivity contribution is 6.00. The average molecular weight is 377 g/mol. The highest BCUT2D eigenvalue weighted by atomic mass is 16.2. The van der Waals surface area contributed by atoms with Crippen LogP contribution in [-0.2, 0) is 16.0 Å². The summed E-state index contributed by atoms with van der Waals surface area (Å²) in [5, 5.41) is 3.07. The van der Waals surface area contributed by atoms with Gasteiger partial charge in [-0.25, -0.2) is 0 Å². The van der Waals surface area contributed by atoms with Crippen LogP contribution >= 0.6 is 0 Å². The Morgan fingerprint density at radius 3 is 2.57 bits per heavy atom. The number of carbonyl (C=O) groups is 2. The maximum absolute atomic E-state index is 12.9. The summed E-state index contributed by atoms with van der Waals surface area (Å²) in [6.45, 7) is 2.78. The summed E-state index contributed by atoms with van der Waals surface area (Å²) in [7, 11) is 0. The van der Waals surface area contributed by atoms with Crippen LogP contribution < -0.4 is 10.2 Å². The lowest BCUT2D eigenvalue weighted by atomic mass is 9.95. The van der Waals surface area contributed by atoms with E-state index in [2.05, 4.69) is 11.4 Å². The maximum Gasteiger partial charge on any atom is 0.231 e. The molecule has 0 aromatic heterocycles. The fourth-order valence-corrected chi connectivity index (χ4v) is 4.57. The second-order valence-electron chi connectivity index (χ2n) is 7.93. The minimum atomic E-state index is -0.175. The van der Waals surface area contributed by atoms with Crippen molar-refractivity contribution in [3.63, 3.8) is 0 Å². The normalized spacial score (nSPS) is 17.4. The molecule has 0 saturated heterocycles. The molecule has 146 valence electrons. The summed E-state index contributed by atoms with van der Waals surface area (Å²) >= 11 is 0. The number of hydrogen-bond acceptors (Lipinski definition) is 2. The van der Waals surface area contributed by atoms with Crippen molar-refractivity contribution in [3.8, 4) is 0 Å². The number of nitrogens with zero attached hydrogens (tertiary/aromatic N) is 1. The van der Waals surface area contributed by atoms with Gasteiger partial charge in [0.2, 0.25) is 11.8 Å². The van der Waals surface area contributed by atoms with E-state index in [1.807, 2.05) is 54.3 Å². The summed E-state index contributed by atoms with van der Waals surface area (Å²) in [4.78, 5) is 27.7. The third kappa shape index (κ3) is 3.68. The fraction of sp³-hybridized carbons (Fsp3) is 0.417. The molecule has 4 nitrogen and oxygen atoms in total. The molecule has 1 heterocycles. The highest BCUT2D eigenvalue weighted by Gasteiger charge is 2.32. The van der Waals surface area contributed by atoms with Crippen molar-refractivity contribution in [1.29, 1.82) is 0 Å². The Morgan fingerprint density at radius 2 is 1.86 bits per heavy atom. The number of hydrogen-bond donors (Lipinski definition) is 1. The average Bonchev–Trinajstić information content (AvgIpc) is 3.39. The zero-order valence-electron chi connectivity index (χ0n) is 16.5. The first kappa shape index (κ1) is 18.7. The van der Waals surface area contributed by atoms with Crippen LogP contribution in [0, 0.1) is 5.92 Å². The molecule has 1 N–H and O–H groups in total. The smallest absolute Gasteiger partial charge is 0.231 e. The molecule has 1 aliphatic carbocycles. The molecule has 2 amide bonds. The molecule has 28 heavy (non-hydrogen) atoms. The minimum Gasteiger partial charge on any atom is -0.325 e. The van der Waals surface area contributed by atoms with Crippen molar-refractivity contribution >= 4 is 23.2 Å². The van der Waals surface area contributed by atoms with Crippen LogP contribution in [0.4, 0.5) is 11.4 Å². The van der Waals surface area contributed by atoms with Crippen LogP contribution in [0.3, 0.4) is 0 Å². The standard InChI is InChI=1S/C24H28N2O2/c1-2-21(17-8-4-3-5-9-17)23(27)25-20-13-12-18-14-15-26(22(18)16-20)24(28)19-10-6-7-11-19/h3-5,8-9,12-13,16,19,21H,2,6-7,10-11,14-15H2,1H3,(H,25,27). The van der Waals surface area contributed by atoms with Gasteiger partial charge in [-0.15, -0.1) is 0 Å². The summed E-state index contributed by atoms with van der Waals surface area (Å²) in [5.74, 6) is 0.258. The molecular formula is C24H28N2O2. The first-order valence-electron chi connectivity index (χ1n) is 10.5. The van der Waals surface area contributed by atoms with E-state index in [1.165, 1.54) is 5.56 Å². The van der Waals surface area contributed by atoms with Gasteiger partial charge < -0.3 is 10.2 Å². The van der Waals surface area contributed by atoms with Gasteiger partial charge in [0.25, 0.3) is 0 Å². The SMILES string of the molecule is CCC(C(=O)Nc1ccc2c(c1)N(C(=O)C1CCCC1)CC2)c1ccccc1. The molecule has 1 aliphatic heterocycles. The van der Waals surface area contributed by atoms with E-state index in [0.717, 1.165) is 62.0 Å². The van der Waals surface area contributed by atoms with Crippen molar-refractivity contribution in [1.82, 2.24) is 0 Å². The number of anilines is 2. The molecule has 2 aromatic rings. The van der Waals surface area contributed by atoms with E-state index in [4.69, 9.17) is 0 Å². The van der Waals surface area contributed by atoms with Gasteiger partial charge in [-0.3, -0.25) is 9.59 Å². The molecule has 1 fully saturated rings. The van der Waals surface area contributed by atoms with E-state index >= 15 is 0 Å². The predicted octanol–water partition coefficient (Wildman–Crippen LogP) is 4.90. The predicted molar refractivity (Wildman–Crippen MR) is 113 cm³/mol. The number of nitrogens with one attached hydrogen (secondary N) is 1. The maximum atomic E-state index is 12.9. The second kappa shape index (κ2) is 8.17. The zero-order valence-corrected chi connectivity index (χ0v) is 16.5. The van der Waals surface area contributed by atoms with Crippen LogP contribution in [0.2, 0.25) is 0 Å². The lowest BCUT2D eigenvalue weighted by Crippen LogP contribution is -2.33. The molecule has 1 saturated carbocycles. The third-order valence-corrected chi connectivity index (χ3v) is 6.15. The Bertz CT molecular complexity index is 856. The number of fused-ring (bicyclic) bond motifs is 1. The molecule has 4 rings (SSSR count). The van der Waals surface area contributed by atoms with E-state index in [9.17, 15) is 9.59 Å². The number of amides is 2. The zero-order chi connectivity index (χ0) is 19.5. The lowest BCUT2D eigenvalue weighted by molar-refractivity contribution is -0.122. The molecule has 1 unspecified atom stereocenters. The fourth-order valence-electron chi connectivity index (χ4n) is 4.57. The monoisotopic (exact) mass is 376 g/mol. The van der Waals surface area contributed by atoms with Gasteiger partial charge in [-0.2, -0.15) is 0 Å². The van der Waals surface area contributed by atoms with Crippen LogP contribution in [0.1, 0.15) is 56.1 Å². The molecule has 2 aliphatic rings. The summed E-state index contributed by atoms with van der Waals surface area (Å²) < 4.78 is 0. The quantitative estimate of drug-likeness (QED) is 0.807. The molecule has 2 aromatic carbocycles. The van der Waals surface area contributed by atoms with Gasteiger partial charge in [-0.1, -0.05) is 56.2 Å². The minimum absolute atomic E-state index is 0.000293. The largest absolute Gasteiger partial charge is 0.325 e. The number of rotatable bonds is 5. The van der Waals surface area contributed by atoms with E-state index in [-0.39, 0.29) is 23.7 Å². The van der Waals surface area contributed by atoms with E-state index in [0.29, 0.717) is 0 Å². The van der Waals surface area contributed by atoms with Gasteiger partial charge in [0.1, 0.15) is 0 Å². The van der Waals surface area contributed by atoms with Crippen LogP contribution in [0.5, 0.6) is 0 Å². The Kier molecular flexibility index (Phi) is 5.47. The van der Waals surface area contributed by atoms with Crippen molar-refractivity contribution in [2.45, 2.75) is 51.4 Å². The van der Waals surface area contributed by atoms with Gasteiger partial charge in [0.05, 0.1) is 5.92 Å².